The van der Waals surface area contributed by atoms with E-state index < -0.39 is 0 Å². The summed E-state index contributed by atoms with van der Waals surface area (Å²) >= 11 is 0. The first-order valence-electron chi connectivity index (χ1n) is 5.73. The zero-order valence-corrected chi connectivity index (χ0v) is 9.94. The number of nitrogens with one attached hydrogen (secondary N) is 1. The lowest BCUT2D eigenvalue weighted by atomic mass is 10.4. The predicted molar refractivity (Wildman–Crippen MR) is 67.4 cm³/mol. The largest absolute Gasteiger partial charge is 0.363 e. The molecule has 16 heavy (non-hydrogen) atoms. The molecular weight excluding hydrogens is 202 g/mol. The van der Waals surface area contributed by atoms with Crippen molar-refractivity contribution in [3.63, 3.8) is 0 Å². The highest BCUT2D eigenvalue weighted by Gasteiger charge is 1.96. The first-order chi connectivity index (χ1) is 7.76. The van der Waals surface area contributed by atoms with Crippen LogP contribution in [-0.2, 0) is 0 Å². The van der Waals surface area contributed by atoms with E-state index in [1.54, 1.807) is 18.5 Å². The molecule has 1 rings (SSSR count). The molecule has 0 aromatic carbocycles. The molecular formula is C12H19N3O. The number of nitrogens with zero attached hydrogens (tertiary/aromatic N) is 2. The van der Waals surface area contributed by atoms with E-state index in [1.807, 2.05) is 0 Å². The molecule has 0 bridgehead atoms. The molecule has 0 spiro atoms. The van der Waals surface area contributed by atoms with Gasteiger partial charge in [-0.15, -0.1) is 0 Å². The van der Waals surface area contributed by atoms with E-state index in [9.17, 15) is 4.79 Å². The Balaban J connectivity index is 2.65. The third-order valence-corrected chi connectivity index (χ3v) is 2.13. The van der Waals surface area contributed by atoms with E-state index in [1.165, 1.54) is 6.07 Å². The van der Waals surface area contributed by atoms with Crippen LogP contribution in [0, 0.1) is 0 Å². The summed E-state index contributed by atoms with van der Waals surface area (Å²) in [5.74, 6) is 0.602. The molecule has 0 atom stereocenters. The van der Waals surface area contributed by atoms with Gasteiger partial charge in [-0.25, -0.2) is 4.99 Å². The summed E-state index contributed by atoms with van der Waals surface area (Å²) in [5, 5.41) is 0. The molecule has 1 N–H and O–H groups in total. The third kappa shape index (κ3) is 4.29. The smallest absolute Gasteiger partial charge is 0.249 e. The van der Waals surface area contributed by atoms with Gasteiger partial charge in [0.05, 0.1) is 6.34 Å². The van der Waals surface area contributed by atoms with Crippen LogP contribution in [0.5, 0.6) is 0 Å². The van der Waals surface area contributed by atoms with E-state index >= 15 is 0 Å². The minimum atomic E-state index is -0.118. The second kappa shape index (κ2) is 6.82. The number of hydrogen-bond acceptors (Lipinski definition) is 2. The molecule has 88 valence electrons. The Labute approximate surface area is 96.0 Å². The van der Waals surface area contributed by atoms with Crippen molar-refractivity contribution in [2.75, 3.05) is 13.1 Å². The van der Waals surface area contributed by atoms with Gasteiger partial charge in [0.2, 0.25) is 5.56 Å². The molecule has 0 saturated carbocycles. The Morgan fingerprint density at radius 1 is 1.31 bits per heavy atom. The average molecular weight is 221 g/mol. The van der Waals surface area contributed by atoms with E-state index in [-0.39, 0.29) is 5.56 Å². The molecule has 0 aliphatic heterocycles. The summed E-state index contributed by atoms with van der Waals surface area (Å²) in [7, 11) is 0. The molecule has 1 aromatic rings. The Morgan fingerprint density at radius 2 is 2.00 bits per heavy atom. The Hall–Kier alpha value is -1.58. The van der Waals surface area contributed by atoms with Gasteiger partial charge >= 0.3 is 0 Å². The van der Waals surface area contributed by atoms with Crippen molar-refractivity contribution in [2.45, 2.75) is 26.7 Å². The standard InChI is InChI=1S/C12H19N3O/c1-3-8-15(9-4-2)10-13-11-6-5-7-12(16)14-11/h5-7,10H,3-4,8-9H2,1-2H3,(H,14,16). The van der Waals surface area contributed by atoms with Crippen molar-refractivity contribution in [1.29, 1.82) is 0 Å². The van der Waals surface area contributed by atoms with Crippen molar-refractivity contribution in [2.24, 2.45) is 4.99 Å². The fourth-order valence-electron chi connectivity index (χ4n) is 1.46. The van der Waals surface area contributed by atoms with Crippen LogP contribution in [0.15, 0.2) is 28.0 Å². The number of aromatic nitrogens is 1. The van der Waals surface area contributed by atoms with Gasteiger partial charge in [-0.05, 0) is 18.9 Å². The minimum absolute atomic E-state index is 0.118. The zero-order valence-electron chi connectivity index (χ0n) is 9.94. The van der Waals surface area contributed by atoms with E-state index in [0.29, 0.717) is 5.82 Å². The second-order valence-electron chi connectivity index (χ2n) is 3.68. The Bertz CT molecular complexity index is 378. The van der Waals surface area contributed by atoms with Crippen molar-refractivity contribution in [3.05, 3.63) is 28.6 Å². The summed E-state index contributed by atoms with van der Waals surface area (Å²) in [6.45, 7) is 6.27. The van der Waals surface area contributed by atoms with Gasteiger partial charge in [0.1, 0.15) is 5.82 Å². The van der Waals surface area contributed by atoms with Gasteiger partial charge < -0.3 is 9.88 Å². The third-order valence-electron chi connectivity index (χ3n) is 2.13. The van der Waals surface area contributed by atoms with Gasteiger partial charge in [-0.2, -0.15) is 0 Å². The monoisotopic (exact) mass is 221 g/mol. The first-order valence-corrected chi connectivity index (χ1v) is 5.73. The number of hydrogen-bond donors (Lipinski definition) is 1. The molecule has 0 aliphatic rings. The summed E-state index contributed by atoms with van der Waals surface area (Å²) in [4.78, 5) is 20.1. The van der Waals surface area contributed by atoms with Crippen molar-refractivity contribution >= 4 is 12.2 Å². The Morgan fingerprint density at radius 3 is 2.56 bits per heavy atom. The highest BCUT2D eigenvalue weighted by Crippen LogP contribution is 2.02. The second-order valence-corrected chi connectivity index (χ2v) is 3.68. The van der Waals surface area contributed by atoms with Crippen LogP contribution in [0.2, 0.25) is 0 Å². The SMILES string of the molecule is CCCN(C=Nc1cccc(=O)[nH]1)CCC. The zero-order chi connectivity index (χ0) is 11.8. The number of H-pyrrole nitrogens is 1. The summed E-state index contributed by atoms with van der Waals surface area (Å²) in [5.41, 5.74) is -0.118. The van der Waals surface area contributed by atoms with Crippen LogP contribution in [0.4, 0.5) is 5.82 Å². The fourth-order valence-corrected chi connectivity index (χ4v) is 1.46. The van der Waals surface area contributed by atoms with E-state index in [4.69, 9.17) is 0 Å². The van der Waals surface area contributed by atoms with Crippen LogP contribution >= 0.6 is 0 Å². The van der Waals surface area contributed by atoms with Crippen LogP contribution in [0.3, 0.4) is 0 Å². The van der Waals surface area contributed by atoms with Gasteiger partial charge in [-0.1, -0.05) is 19.9 Å². The lowest BCUT2D eigenvalue weighted by Crippen LogP contribution is -2.23. The van der Waals surface area contributed by atoms with Crippen LogP contribution in [0.1, 0.15) is 26.7 Å². The molecule has 1 aromatic heterocycles. The number of aliphatic imine (C=N–C) groups is 1. The molecule has 4 nitrogen and oxygen atoms in total. The summed E-state index contributed by atoms with van der Waals surface area (Å²) < 4.78 is 0. The number of aromatic amines is 1. The van der Waals surface area contributed by atoms with Crippen molar-refractivity contribution < 1.29 is 0 Å². The number of pyridine rings is 1. The molecule has 0 unspecified atom stereocenters. The van der Waals surface area contributed by atoms with Gasteiger partial charge in [-0.3, -0.25) is 4.79 Å². The van der Waals surface area contributed by atoms with E-state index in [2.05, 4.69) is 28.7 Å². The lowest BCUT2D eigenvalue weighted by Gasteiger charge is -2.17. The summed E-state index contributed by atoms with van der Waals surface area (Å²) in [6, 6.07) is 4.97. The topological polar surface area (TPSA) is 48.5 Å². The van der Waals surface area contributed by atoms with Crippen molar-refractivity contribution in [1.82, 2.24) is 9.88 Å². The molecule has 4 heteroatoms. The minimum Gasteiger partial charge on any atom is -0.363 e. The molecule has 1 heterocycles. The maximum atomic E-state index is 11.0. The fraction of sp³-hybridized carbons (Fsp3) is 0.500. The van der Waals surface area contributed by atoms with Crippen LogP contribution < -0.4 is 5.56 Å². The quantitative estimate of drug-likeness (QED) is 0.591. The molecule has 0 fully saturated rings. The van der Waals surface area contributed by atoms with Crippen LogP contribution in [-0.4, -0.2) is 29.3 Å². The van der Waals surface area contributed by atoms with Gasteiger partial charge in [0.15, 0.2) is 0 Å². The lowest BCUT2D eigenvalue weighted by molar-refractivity contribution is 0.428. The first kappa shape index (κ1) is 12.5. The normalized spacial score (nSPS) is 10.9. The maximum absolute atomic E-state index is 11.0. The molecule has 0 saturated heterocycles. The maximum Gasteiger partial charge on any atom is 0.249 e. The van der Waals surface area contributed by atoms with Crippen molar-refractivity contribution in [3.8, 4) is 0 Å². The summed E-state index contributed by atoms with van der Waals surface area (Å²) in [6.07, 6.45) is 3.99. The molecule has 0 amide bonds. The Kier molecular flexibility index (Phi) is 5.32. The highest BCUT2D eigenvalue weighted by atomic mass is 16.1. The average Bonchev–Trinajstić information content (AvgIpc) is 2.27. The highest BCUT2D eigenvalue weighted by molar-refractivity contribution is 5.59. The molecule has 0 aliphatic carbocycles. The van der Waals surface area contributed by atoms with Crippen LogP contribution in [0.25, 0.3) is 0 Å². The van der Waals surface area contributed by atoms with E-state index in [0.717, 1.165) is 25.9 Å². The van der Waals surface area contributed by atoms with Gasteiger partial charge in [0.25, 0.3) is 0 Å². The number of rotatable bonds is 6. The van der Waals surface area contributed by atoms with Gasteiger partial charge in [0, 0.05) is 19.2 Å². The molecule has 0 radical (unpaired) electrons. The predicted octanol–water partition coefficient (Wildman–Crippen LogP) is 2.16.